The molecule has 2 saturated heterocycles. The van der Waals surface area contributed by atoms with Crippen molar-refractivity contribution in [2.75, 3.05) is 19.6 Å². The summed E-state index contributed by atoms with van der Waals surface area (Å²) < 4.78 is 0. The zero-order valence-electron chi connectivity index (χ0n) is 16.9. The van der Waals surface area contributed by atoms with Crippen LogP contribution in [-0.2, 0) is 11.3 Å². The standard InChI is InChI=1S/C23H29ClN2OS/c1-23(2,3)22(27)26-14-19(17-9-11-28-15-17)20-13-25(10-8-21(20)26)12-16-4-6-18(24)7-5-16/h4-7,9,11,15,19-21H,8,10,12-14H2,1-3H3/t19-,20-,21-/m1/s1. The van der Waals surface area contributed by atoms with Gasteiger partial charge in [-0.05, 0) is 46.5 Å². The number of amides is 1. The predicted molar refractivity (Wildman–Crippen MR) is 117 cm³/mol. The third-order valence-electron chi connectivity index (χ3n) is 6.21. The highest BCUT2D eigenvalue weighted by Gasteiger charge is 2.48. The van der Waals surface area contributed by atoms with Gasteiger partial charge in [-0.25, -0.2) is 0 Å². The summed E-state index contributed by atoms with van der Waals surface area (Å²) >= 11 is 7.79. The van der Waals surface area contributed by atoms with Crippen LogP contribution < -0.4 is 0 Å². The molecule has 0 N–H and O–H groups in total. The lowest BCUT2D eigenvalue weighted by Gasteiger charge is -2.40. The summed E-state index contributed by atoms with van der Waals surface area (Å²) in [6.45, 7) is 10.0. The van der Waals surface area contributed by atoms with E-state index in [-0.39, 0.29) is 5.41 Å². The van der Waals surface area contributed by atoms with Crippen LogP contribution in [-0.4, -0.2) is 41.4 Å². The lowest BCUT2D eigenvalue weighted by Crippen LogP contribution is -2.49. The van der Waals surface area contributed by atoms with Gasteiger partial charge in [-0.1, -0.05) is 44.5 Å². The van der Waals surface area contributed by atoms with Crippen molar-refractivity contribution in [3.63, 3.8) is 0 Å². The average molecular weight is 417 g/mol. The highest BCUT2D eigenvalue weighted by molar-refractivity contribution is 7.08. The molecule has 4 rings (SSSR count). The van der Waals surface area contributed by atoms with Gasteiger partial charge in [0, 0.05) is 54.5 Å². The lowest BCUT2D eigenvalue weighted by molar-refractivity contribution is -0.141. The largest absolute Gasteiger partial charge is 0.338 e. The van der Waals surface area contributed by atoms with Crippen LogP contribution in [0.1, 0.15) is 44.2 Å². The summed E-state index contributed by atoms with van der Waals surface area (Å²) in [5, 5.41) is 5.21. The SMILES string of the molecule is CC(C)(C)C(=O)N1C[C@H](c2ccsc2)[C@H]2CN(Cc3ccc(Cl)cc3)CC[C@H]21. The molecule has 2 fully saturated rings. The van der Waals surface area contributed by atoms with Gasteiger partial charge in [-0.3, -0.25) is 9.69 Å². The lowest BCUT2D eigenvalue weighted by atomic mass is 9.82. The molecule has 150 valence electrons. The monoisotopic (exact) mass is 416 g/mol. The molecule has 0 unspecified atom stereocenters. The zero-order valence-corrected chi connectivity index (χ0v) is 18.5. The van der Waals surface area contributed by atoms with Crippen LogP contribution >= 0.6 is 22.9 Å². The summed E-state index contributed by atoms with van der Waals surface area (Å²) in [5.41, 5.74) is 2.38. The number of likely N-dealkylation sites (tertiary alicyclic amines) is 2. The Morgan fingerprint density at radius 3 is 2.57 bits per heavy atom. The second kappa shape index (κ2) is 7.81. The fourth-order valence-electron chi connectivity index (χ4n) is 4.80. The van der Waals surface area contributed by atoms with Gasteiger partial charge in [-0.15, -0.1) is 0 Å². The number of thiophene rings is 1. The highest BCUT2D eigenvalue weighted by atomic mass is 35.5. The van der Waals surface area contributed by atoms with E-state index in [1.54, 1.807) is 11.3 Å². The van der Waals surface area contributed by atoms with E-state index in [1.807, 2.05) is 32.9 Å². The number of fused-ring (bicyclic) bond motifs is 1. The van der Waals surface area contributed by atoms with Gasteiger partial charge in [0.05, 0.1) is 0 Å². The van der Waals surface area contributed by atoms with Crippen LogP contribution in [0.2, 0.25) is 5.02 Å². The Morgan fingerprint density at radius 1 is 1.18 bits per heavy atom. The Labute approximate surface area is 177 Å². The molecule has 1 aromatic carbocycles. The van der Waals surface area contributed by atoms with E-state index in [9.17, 15) is 4.79 Å². The molecular weight excluding hydrogens is 388 g/mol. The molecule has 0 saturated carbocycles. The number of carbonyl (C=O) groups excluding carboxylic acids is 1. The van der Waals surface area contributed by atoms with Crippen molar-refractivity contribution >= 4 is 28.8 Å². The summed E-state index contributed by atoms with van der Waals surface area (Å²) in [5.74, 6) is 1.24. The number of nitrogens with zero attached hydrogens (tertiary/aromatic N) is 2. The van der Waals surface area contributed by atoms with E-state index in [4.69, 9.17) is 11.6 Å². The average Bonchev–Trinajstić information content (AvgIpc) is 3.29. The number of hydrogen-bond acceptors (Lipinski definition) is 3. The maximum Gasteiger partial charge on any atom is 0.228 e. The molecule has 0 bridgehead atoms. The predicted octanol–water partition coefficient (Wildman–Crippen LogP) is 5.26. The Morgan fingerprint density at radius 2 is 1.93 bits per heavy atom. The van der Waals surface area contributed by atoms with Crippen LogP contribution in [0.4, 0.5) is 0 Å². The minimum atomic E-state index is -0.325. The van der Waals surface area contributed by atoms with Crippen molar-refractivity contribution in [2.45, 2.75) is 45.7 Å². The molecule has 0 radical (unpaired) electrons. The van der Waals surface area contributed by atoms with E-state index in [0.29, 0.717) is 23.8 Å². The number of piperidine rings is 1. The van der Waals surface area contributed by atoms with Gasteiger partial charge in [0.1, 0.15) is 0 Å². The third-order valence-corrected chi connectivity index (χ3v) is 7.16. The van der Waals surface area contributed by atoms with Gasteiger partial charge in [0.2, 0.25) is 5.91 Å². The molecule has 3 atom stereocenters. The molecule has 3 heterocycles. The van der Waals surface area contributed by atoms with Crippen molar-refractivity contribution in [2.24, 2.45) is 11.3 Å². The second-order valence-corrected chi connectivity index (χ2v) is 10.5. The van der Waals surface area contributed by atoms with E-state index in [0.717, 1.165) is 37.6 Å². The molecular formula is C23H29ClN2OS. The molecule has 28 heavy (non-hydrogen) atoms. The molecule has 2 aliphatic heterocycles. The first-order chi connectivity index (χ1) is 13.3. The molecule has 3 nitrogen and oxygen atoms in total. The van der Waals surface area contributed by atoms with Crippen LogP contribution in [0.25, 0.3) is 0 Å². The Bertz CT molecular complexity index is 812. The van der Waals surface area contributed by atoms with E-state index >= 15 is 0 Å². The van der Waals surface area contributed by atoms with Crippen LogP contribution in [0.3, 0.4) is 0 Å². The maximum absolute atomic E-state index is 13.1. The number of rotatable bonds is 3. The smallest absolute Gasteiger partial charge is 0.228 e. The van der Waals surface area contributed by atoms with E-state index in [2.05, 4.69) is 38.8 Å². The molecule has 5 heteroatoms. The van der Waals surface area contributed by atoms with Gasteiger partial charge >= 0.3 is 0 Å². The van der Waals surface area contributed by atoms with Crippen LogP contribution in [0.15, 0.2) is 41.1 Å². The first-order valence-electron chi connectivity index (χ1n) is 10.1. The molecule has 1 aromatic heterocycles. The number of halogens is 1. The normalized spacial score (nSPS) is 25.7. The van der Waals surface area contributed by atoms with Crippen molar-refractivity contribution in [3.8, 4) is 0 Å². The zero-order chi connectivity index (χ0) is 19.9. The third kappa shape index (κ3) is 4.00. The van der Waals surface area contributed by atoms with Gasteiger partial charge in [0.15, 0.2) is 0 Å². The van der Waals surface area contributed by atoms with Crippen molar-refractivity contribution in [3.05, 3.63) is 57.2 Å². The van der Waals surface area contributed by atoms with E-state index in [1.165, 1.54) is 11.1 Å². The first-order valence-corrected chi connectivity index (χ1v) is 11.4. The summed E-state index contributed by atoms with van der Waals surface area (Å²) in [7, 11) is 0. The topological polar surface area (TPSA) is 23.6 Å². The number of carbonyl (C=O) groups is 1. The highest BCUT2D eigenvalue weighted by Crippen LogP contribution is 2.43. The quantitative estimate of drug-likeness (QED) is 0.680. The fourth-order valence-corrected chi connectivity index (χ4v) is 5.65. The van der Waals surface area contributed by atoms with Crippen LogP contribution in [0.5, 0.6) is 0 Å². The maximum atomic E-state index is 13.1. The van der Waals surface area contributed by atoms with Crippen LogP contribution in [0, 0.1) is 11.3 Å². The molecule has 1 amide bonds. The van der Waals surface area contributed by atoms with Crippen molar-refractivity contribution in [1.29, 1.82) is 0 Å². The molecule has 2 aliphatic rings. The second-order valence-electron chi connectivity index (χ2n) is 9.25. The summed E-state index contributed by atoms with van der Waals surface area (Å²) in [4.78, 5) is 17.9. The molecule has 0 spiro atoms. The van der Waals surface area contributed by atoms with Gasteiger partial charge in [-0.2, -0.15) is 11.3 Å². The fraction of sp³-hybridized carbons (Fsp3) is 0.522. The number of hydrogen-bond donors (Lipinski definition) is 0. The minimum Gasteiger partial charge on any atom is -0.338 e. The minimum absolute atomic E-state index is 0.298. The Hall–Kier alpha value is -1.36. The van der Waals surface area contributed by atoms with E-state index < -0.39 is 0 Å². The Balaban J connectivity index is 1.54. The molecule has 2 aromatic rings. The summed E-state index contributed by atoms with van der Waals surface area (Å²) in [6, 6.07) is 10.8. The van der Waals surface area contributed by atoms with Gasteiger partial charge in [0.25, 0.3) is 0 Å². The van der Waals surface area contributed by atoms with Gasteiger partial charge < -0.3 is 4.90 Å². The summed E-state index contributed by atoms with van der Waals surface area (Å²) in [6.07, 6.45) is 1.06. The first kappa shape index (κ1) is 19.9. The molecule has 0 aliphatic carbocycles. The van der Waals surface area contributed by atoms with Crippen molar-refractivity contribution in [1.82, 2.24) is 9.80 Å². The van der Waals surface area contributed by atoms with Crippen molar-refractivity contribution < 1.29 is 4.79 Å². The number of benzene rings is 1. The Kier molecular flexibility index (Phi) is 5.56.